The van der Waals surface area contributed by atoms with Crippen LogP contribution in [-0.4, -0.2) is 42.0 Å². The number of rotatable bonds is 8. The molecule has 3 aliphatic rings. The van der Waals surface area contributed by atoms with E-state index in [0.717, 1.165) is 37.9 Å². The first-order chi connectivity index (χ1) is 15.4. The monoisotopic (exact) mass is 439 g/mol. The lowest BCUT2D eigenvalue weighted by Crippen LogP contribution is -2.57. The number of cyclic esters (lactones) is 1. The van der Waals surface area contributed by atoms with Gasteiger partial charge in [0, 0.05) is 24.1 Å². The average molecular weight is 440 g/mol. The molecule has 3 N–H and O–H groups in total. The smallest absolute Gasteiger partial charge is 0.334 e. The highest BCUT2D eigenvalue weighted by Crippen LogP contribution is 2.60. The molecule has 32 heavy (non-hydrogen) atoms. The molecule has 5 heteroatoms. The van der Waals surface area contributed by atoms with Crippen LogP contribution in [0.2, 0.25) is 0 Å². The highest BCUT2D eigenvalue weighted by atomic mass is 16.5. The predicted molar refractivity (Wildman–Crippen MR) is 125 cm³/mol. The molecule has 1 fully saturated rings. The third-order valence-electron chi connectivity index (χ3n) is 8.52. The number of ether oxygens (including phenoxy) is 1. The van der Waals surface area contributed by atoms with E-state index in [2.05, 4.69) is 42.6 Å². The van der Waals surface area contributed by atoms with E-state index in [4.69, 9.17) is 4.74 Å². The maximum absolute atomic E-state index is 12.0. The zero-order valence-electron chi connectivity index (χ0n) is 19.3. The Morgan fingerprint density at radius 2 is 1.94 bits per heavy atom. The van der Waals surface area contributed by atoms with Crippen molar-refractivity contribution in [2.75, 3.05) is 19.8 Å². The van der Waals surface area contributed by atoms with Crippen molar-refractivity contribution in [3.63, 3.8) is 0 Å². The minimum Gasteiger partial charge on any atom is -0.458 e. The summed E-state index contributed by atoms with van der Waals surface area (Å²) in [6, 6.07) is 10.4. The first-order valence-electron chi connectivity index (χ1n) is 12.0. The largest absolute Gasteiger partial charge is 0.458 e. The summed E-state index contributed by atoms with van der Waals surface area (Å²) in [5.74, 6) is 0.308. The number of esters is 1. The second kappa shape index (κ2) is 9.50. The zero-order valence-corrected chi connectivity index (χ0v) is 19.3. The summed E-state index contributed by atoms with van der Waals surface area (Å²) in [4.78, 5) is 12.0. The van der Waals surface area contributed by atoms with Gasteiger partial charge in [-0.15, -0.1) is 0 Å². The molecule has 1 aromatic carbocycles. The molecule has 1 aliphatic heterocycles. The molecule has 5 nitrogen and oxygen atoms in total. The lowest BCUT2D eigenvalue weighted by Gasteiger charge is -2.59. The lowest BCUT2D eigenvalue weighted by molar-refractivity contribution is -0.145. The van der Waals surface area contributed by atoms with Crippen LogP contribution < -0.4 is 5.32 Å². The predicted octanol–water partition coefficient (Wildman–Crippen LogP) is 3.76. The Balaban J connectivity index is 1.55. The molecule has 0 unspecified atom stereocenters. The molecule has 0 amide bonds. The molecule has 1 saturated carbocycles. The first-order valence-corrected chi connectivity index (χ1v) is 12.0. The molecule has 0 bridgehead atoms. The summed E-state index contributed by atoms with van der Waals surface area (Å²) >= 11 is 0. The SMILES string of the molecule is C[C@]1(CO)[C@H]2CC=C(CNCc3ccccc3)[C@@H](CCC3=CCOC3=O)[C@]2(C)CC[C@H]1O. The van der Waals surface area contributed by atoms with Crippen LogP contribution in [0.5, 0.6) is 0 Å². The van der Waals surface area contributed by atoms with Gasteiger partial charge in [-0.1, -0.05) is 55.8 Å². The van der Waals surface area contributed by atoms with Gasteiger partial charge in [0.05, 0.1) is 12.7 Å². The van der Waals surface area contributed by atoms with Gasteiger partial charge in [-0.25, -0.2) is 4.79 Å². The third kappa shape index (κ3) is 4.30. The van der Waals surface area contributed by atoms with Gasteiger partial charge in [-0.3, -0.25) is 0 Å². The minimum absolute atomic E-state index is 0.00590. The van der Waals surface area contributed by atoms with Crippen molar-refractivity contribution in [1.82, 2.24) is 5.32 Å². The second-order valence-corrected chi connectivity index (χ2v) is 10.3. The summed E-state index contributed by atoms with van der Waals surface area (Å²) in [6.45, 7) is 6.38. The Kier molecular flexibility index (Phi) is 6.89. The number of hydrogen-bond acceptors (Lipinski definition) is 5. The third-order valence-corrected chi connectivity index (χ3v) is 8.52. The van der Waals surface area contributed by atoms with Gasteiger partial charge in [0.2, 0.25) is 0 Å². The highest BCUT2D eigenvalue weighted by molar-refractivity contribution is 5.90. The molecule has 0 spiro atoms. The van der Waals surface area contributed by atoms with Gasteiger partial charge in [0.1, 0.15) is 6.61 Å². The number of benzene rings is 1. The van der Waals surface area contributed by atoms with E-state index < -0.39 is 11.5 Å². The van der Waals surface area contributed by atoms with E-state index in [0.29, 0.717) is 19.4 Å². The minimum atomic E-state index is -0.504. The van der Waals surface area contributed by atoms with E-state index in [1.54, 1.807) is 0 Å². The number of allylic oxidation sites excluding steroid dienone is 1. The van der Waals surface area contributed by atoms with Crippen molar-refractivity contribution in [3.8, 4) is 0 Å². The number of fused-ring (bicyclic) bond motifs is 1. The molecule has 5 atom stereocenters. The number of aliphatic hydroxyl groups is 2. The van der Waals surface area contributed by atoms with E-state index in [-0.39, 0.29) is 29.8 Å². The summed E-state index contributed by atoms with van der Waals surface area (Å²) in [6.07, 6.45) is 7.85. The van der Waals surface area contributed by atoms with Crippen LogP contribution in [0.3, 0.4) is 0 Å². The van der Waals surface area contributed by atoms with Gasteiger partial charge in [-0.05, 0) is 61.0 Å². The quantitative estimate of drug-likeness (QED) is 0.425. The number of aliphatic hydroxyl groups excluding tert-OH is 2. The summed E-state index contributed by atoms with van der Waals surface area (Å²) in [5.41, 5.74) is 2.91. The molecule has 4 rings (SSSR count). The van der Waals surface area contributed by atoms with Crippen LogP contribution in [0.15, 0.2) is 53.6 Å². The standard InChI is InChI=1S/C27H37NO4/c1-26-14-12-24(30)27(2,18-29)23(26)11-9-21(17-28-16-19-6-4-3-5-7-19)22(26)10-8-20-13-15-32-25(20)31/h3-7,9,13,22-24,28-30H,8,10-12,14-18H2,1-2H3/t22-,23+,24-,26+,27+/m1/s1. The van der Waals surface area contributed by atoms with Crippen LogP contribution in [0.4, 0.5) is 0 Å². The first kappa shape index (κ1) is 23.2. The molecule has 0 saturated heterocycles. The Hall–Kier alpha value is -1.95. The van der Waals surface area contributed by atoms with E-state index in [9.17, 15) is 15.0 Å². The normalized spacial score (nSPS) is 34.5. The highest BCUT2D eigenvalue weighted by Gasteiger charge is 2.57. The molecular formula is C27H37NO4. The molecule has 1 aromatic rings. The lowest BCUT2D eigenvalue weighted by atomic mass is 9.47. The number of hydrogen-bond donors (Lipinski definition) is 3. The molecule has 2 aliphatic carbocycles. The van der Waals surface area contributed by atoms with Crippen LogP contribution in [0, 0.1) is 22.7 Å². The fourth-order valence-corrected chi connectivity index (χ4v) is 6.50. The van der Waals surface area contributed by atoms with Crippen LogP contribution >= 0.6 is 0 Å². The van der Waals surface area contributed by atoms with Gasteiger partial charge in [0.25, 0.3) is 0 Å². The van der Waals surface area contributed by atoms with E-state index in [1.165, 1.54) is 11.1 Å². The van der Waals surface area contributed by atoms with Crippen molar-refractivity contribution in [1.29, 1.82) is 0 Å². The van der Waals surface area contributed by atoms with Gasteiger partial charge < -0.3 is 20.3 Å². The molecule has 1 heterocycles. The maximum atomic E-state index is 12.0. The average Bonchev–Trinajstić information content (AvgIpc) is 3.21. The Morgan fingerprint density at radius 1 is 1.16 bits per heavy atom. The Labute approximate surface area is 191 Å². The Bertz CT molecular complexity index is 879. The summed E-state index contributed by atoms with van der Waals surface area (Å²) in [7, 11) is 0. The zero-order chi connectivity index (χ0) is 22.8. The fourth-order valence-electron chi connectivity index (χ4n) is 6.50. The number of carbonyl (C=O) groups is 1. The van der Waals surface area contributed by atoms with Crippen molar-refractivity contribution >= 4 is 5.97 Å². The summed E-state index contributed by atoms with van der Waals surface area (Å²) < 4.78 is 5.12. The number of nitrogens with one attached hydrogen (secondary N) is 1. The van der Waals surface area contributed by atoms with Gasteiger partial charge in [-0.2, -0.15) is 0 Å². The van der Waals surface area contributed by atoms with Crippen molar-refractivity contribution < 1.29 is 19.7 Å². The molecule has 0 aromatic heterocycles. The molecule has 174 valence electrons. The summed E-state index contributed by atoms with van der Waals surface area (Å²) in [5, 5.41) is 24.7. The fraction of sp³-hybridized carbons (Fsp3) is 0.593. The van der Waals surface area contributed by atoms with Crippen molar-refractivity contribution in [3.05, 3.63) is 59.2 Å². The van der Waals surface area contributed by atoms with Crippen molar-refractivity contribution in [2.24, 2.45) is 22.7 Å². The van der Waals surface area contributed by atoms with E-state index in [1.807, 2.05) is 19.1 Å². The van der Waals surface area contributed by atoms with Gasteiger partial charge in [0.15, 0.2) is 0 Å². The van der Waals surface area contributed by atoms with E-state index >= 15 is 0 Å². The molecular weight excluding hydrogens is 402 g/mol. The van der Waals surface area contributed by atoms with Crippen molar-refractivity contribution in [2.45, 2.75) is 58.6 Å². The van der Waals surface area contributed by atoms with Gasteiger partial charge >= 0.3 is 5.97 Å². The Morgan fingerprint density at radius 3 is 2.62 bits per heavy atom. The van der Waals surface area contributed by atoms with Crippen LogP contribution in [-0.2, 0) is 16.1 Å². The van der Waals surface area contributed by atoms with Crippen LogP contribution in [0.25, 0.3) is 0 Å². The number of carbonyl (C=O) groups excluding carboxylic acids is 1. The van der Waals surface area contributed by atoms with Crippen LogP contribution in [0.1, 0.15) is 51.5 Å². The second-order valence-electron chi connectivity index (χ2n) is 10.3. The maximum Gasteiger partial charge on any atom is 0.334 e. The molecule has 0 radical (unpaired) electrons. The topological polar surface area (TPSA) is 78.8 Å².